The zero-order valence-corrected chi connectivity index (χ0v) is 14.3. The largest absolute Gasteiger partial charge is 0.373 e. The van der Waals surface area contributed by atoms with Crippen molar-refractivity contribution in [2.45, 2.75) is 38.9 Å². The molecular formula is C21H27NO. The second-order valence-corrected chi connectivity index (χ2v) is 6.52. The number of benzene rings is 2. The van der Waals surface area contributed by atoms with Crippen molar-refractivity contribution < 1.29 is 4.74 Å². The third-order valence-corrected chi connectivity index (χ3v) is 4.83. The van der Waals surface area contributed by atoms with Crippen LogP contribution >= 0.6 is 0 Å². The SMILES string of the molecule is CCc1ccc(-c2ccccc2COC2CCN(C)CC2)cc1. The fourth-order valence-electron chi connectivity index (χ4n) is 3.21. The van der Waals surface area contributed by atoms with E-state index < -0.39 is 0 Å². The van der Waals surface area contributed by atoms with Gasteiger partial charge in [-0.1, -0.05) is 55.5 Å². The first-order valence-corrected chi connectivity index (χ1v) is 8.73. The molecule has 0 saturated carbocycles. The van der Waals surface area contributed by atoms with E-state index in [0.29, 0.717) is 12.7 Å². The molecule has 0 radical (unpaired) electrons. The summed E-state index contributed by atoms with van der Waals surface area (Å²) in [7, 11) is 2.19. The maximum Gasteiger partial charge on any atom is 0.0726 e. The number of aryl methyl sites for hydroxylation is 1. The Bertz CT molecular complexity index is 612. The number of hydrogen-bond acceptors (Lipinski definition) is 2. The Labute approximate surface area is 140 Å². The summed E-state index contributed by atoms with van der Waals surface area (Å²) < 4.78 is 6.20. The van der Waals surface area contributed by atoms with Gasteiger partial charge < -0.3 is 9.64 Å². The zero-order valence-electron chi connectivity index (χ0n) is 14.3. The molecule has 2 nitrogen and oxygen atoms in total. The third kappa shape index (κ3) is 4.21. The normalized spacial score (nSPS) is 16.6. The van der Waals surface area contributed by atoms with Gasteiger partial charge in [-0.3, -0.25) is 0 Å². The van der Waals surface area contributed by atoms with E-state index in [9.17, 15) is 0 Å². The van der Waals surface area contributed by atoms with Crippen LogP contribution in [0, 0.1) is 0 Å². The van der Waals surface area contributed by atoms with Crippen LogP contribution in [0.25, 0.3) is 11.1 Å². The Balaban J connectivity index is 1.70. The molecule has 0 aliphatic carbocycles. The van der Waals surface area contributed by atoms with Gasteiger partial charge in [0.05, 0.1) is 12.7 Å². The highest BCUT2D eigenvalue weighted by atomic mass is 16.5. The molecule has 1 saturated heterocycles. The standard InChI is InChI=1S/C21H27NO/c1-3-17-8-10-18(11-9-17)21-7-5-4-6-19(21)16-23-20-12-14-22(2)15-13-20/h4-11,20H,3,12-16H2,1-2H3. The van der Waals surface area contributed by atoms with E-state index in [2.05, 4.69) is 67.4 Å². The summed E-state index contributed by atoms with van der Waals surface area (Å²) in [6, 6.07) is 17.5. The van der Waals surface area contributed by atoms with E-state index in [4.69, 9.17) is 4.74 Å². The number of hydrogen-bond donors (Lipinski definition) is 0. The van der Waals surface area contributed by atoms with Gasteiger partial charge >= 0.3 is 0 Å². The Hall–Kier alpha value is -1.64. The maximum atomic E-state index is 6.20. The van der Waals surface area contributed by atoms with E-state index in [1.807, 2.05) is 0 Å². The highest BCUT2D eigenvalue weighted by Crippen LogP contribution is 2.26. The number of likely N-dealkylation sites (tertiary alicyclic amines) is 1. The second kappa shape index (κ2) is 7.76. The van der Waals surface area contributed by atoms with Crippen molar-refractivity contribution in [1.82, 2.24) is 4.90 Å². The smallest absolute Gasteiger partial charge is 0.0726 e. The van der Waals surface area contributed by atoms with Gasteiger partial charge in [-0.15, -0.1) is 0 Å². The summed E-state index contributed by atoms with van der Waals surface area (Å²) in [5.41, 5.74) is 5.25. The predicted molar refractivity (Wildman–Crippen MR) is 96.6 cm³/mol. The minimum Gasteiger partial charge on any atom is -0.373 e. The Morgan fingerprint density at radius 3 is 2.39 bits per heavy atom. The number of rotatable bonds is 5. The van der Waals surface area contributed by atoms with Crippen molar-refractivity contribution in [3.05, 3.63) is 59.7 Å². The monoisotopic (exact) mass is 309 g/mol. The molecule has 0 N–H and O–H groups in total. The van der Waals surface area contributed by atoms with Crippen molar-refractivity contribution in [2.24, 2.45) is 0 Å². The topological polar surface area (TPSA) is 12.5 Å². The molecular weight excluding hydrogens is 282 g/mol. The summed E-state index contributed by atoms with van der Waals surface area (Å²) in [5.74, 6) is 0. The summed E-state index contributed by atoms with van der Waals surface area (Å²) in [4.78, 5) is 2.38. The van der Waals surface area contributed by atoms with Gasteiger partial charge in [0.2, 0.25) is 0 Å². The molecule has 2 heteroatoms. The van der Waals surface area contributed by atoms with Crippen LogP contribution in [0.4, 0.5) is 0 Å². The van der Waals surface area contributed by atoms with E-state index in [1.165, 1.54) is 22.3 Å². The maximum absolute atomic E-state index is 6.20. The molecule has 2 aromatic rings. The molecule has 2 aromatic carbocycles. The first-order valence-electron chi connectivity index (χ1n) is 8.73. The summed E-state index contributed by atoms with van der Waals surface area (Å²) in [5, 5.41) is 0. The van der Waals surface area contributed by atoms with Gasteiger partial charge in [0, 0.05) is 13.1 Å². The van der Waals surface area contributed by atoms with Crippen molar-refractivity contribution >= 4 is 0 Å². The third-order valence-electron chi connectivity index (χ3n) is 4.83. The molecule has 23 heavy (non-hydrogen) atoms. The van der Waals surface area contributed by atoms with E-state index in [-0.39, 0.29) is 0 Å². The van der Waals surface area contributed by atoms with Crippen LogP contribution in [-0.4, -0.2) is 31.1 Å². The van der Waals surface area contributed by atoms with Crippen LogP contribution in [0.15, 0.2) is 48.5 Å². The molecule has 1 aliphatic rings. The molecule has 0 atom stereocenters. The Morgan fingerprint density at radius 2 is 1.70 bits per heavy atom. The van der Waals surface area contributed by atoms with Crippen LogP contribution in [-0.2, 0) is 17.8 Å². The van der Waals surface area contributed by atoms with Crippen LogP contribution < -0.4 is 0 Å². The lowest BCUT2D eigenvalue weighted by Crippen LogP contribution is -2.34. The minimum atomic E-state index is 0.404. The molecule has 0 aromatic heterocycles. The molecule has 1 heterocycles. The first kappa shape index (κ1) is 16.2. The van der Waals surface area contributed by atoms with Crippen LogP contribution in [0.3, 0.4) is 0 Å². The van der Waals surface area contributed by atoms with Gasteiger partial charge in [-0.25, -0.2) is 0 Å². The first-order chi connectivity index (χ1) is 11.3. The quantitative estimate of drug-likeness (QED) is 0.805. The lowest BCUT2D eigenvalue weighted by Gasteiger charge is -2.29. The summed E-state index contributed by atoms with van der Waals surface area (Å²) in [6.07, 6.45) is 3.77. The molecule has 122 valence electrons. The summed E-state index contributed by atoms with van der Waals surface area (Å²) >= 11 is 0. The van der Waals surface area contributed by atoms with Gasteiger partial charge in [0.1, 0.15) is 0 Å². The molecule has 0 bridgehead atoms. The van der Waals surface area contributed by atoms with Crippen molar-refractivity contribution in [3.8, 4) is 11.1 Å². The number of nitrogens with zero attached hydrogens (tertiary/aromatic N) is 1. The van der Waals surface area contributed by atoms with E-state index in [1.54, 1.807) is 0 Å². The fraction of sp³-hybridized carbons (Fsp3) is 0.429. The number of piperidine rings is 1. The van der Waals surface area contributed by atoms with Gasteiger partial charge in [0.25, 0.3) is 0 Å². The average molecular weight is 309 g/mol. The van der Waals surface area contributed by atoms with Gasteiger partial charge in [-0.05, 0) is 48.6 Å². The van der Waals surface area contributed by atoms with E-state index in [0.717, 1.165) is 32.4 Å². The Morgan fingerprint density at radius 1 is 1.00 bits per heavy atom. The van der Waals surface area contributed by atoms with E-state index >= 15 is 0 Å². The second-order valence-electron chi connectivity index (χ2n) is 6.52. The average Bonchev–Trinajstić information content (AvgIpc) is 2.62. The molecule has 1 fully saturated rings. The molecule has 3 rings (SSSR count). The predicted octanol–water partition coefficient (Wildman–Crippen LogP) is 4.53. The van der Waals surface area contributed by atoms with Crippen LogP contribution in [0.5, 0.6) is 0 Å². The minimum absolute atomic E-state index is 0.404. The number of ether oxygens (including phenoxy) is 1. The Kier molecular flexibility index (Phi) is 5.47. The lowest BCUT2D eigenvalue weighted by molar-refractivity contribution is 0.00232. The molecule has 1 aliphatic heterocycles. The highest BCUT2D eigenvalue weighted by molar-refractivity contribution is 5.67. The zero-order chi connectivity index (χ0) is 16.1. The van der Waals surface area contributed by atoms with Crippen molar-refractivity contribution in [1.29, 1.82) is 0 Å². The fourth-order valence-corrected chi connectivity index (χ4v) is 3.21. The highest BCUT2D eigenvalue weighted by Gasteiger charge is 2.17. The van der Waals surface area contributed by atoms with Crippen molar-refractivity contribution in [3.63, 3.8) is 0 Å². The summed E-state index contributed by atoms with van der Waals surface area (Å²) in [6.45, 7) is 5.19. The van der Waals surface area contributed by atoms with Crippen LogP contribution in [0.2, 0.25) is 0 Å². The van der Waals surface area contributed by atoms with Gasteiger partial charge in [-0.2, -0.15) is 0 Å². The van der Waals surface area contributed by atoms with Gasteiger partial charge in [0.15, 0.2) is 0 Å². The van der Waals surface area contributed by atoms with Crippen LogP contribution in [0.1, 0.15) is 30.9 Å². The lowest BCUT2D eigenvalue weighted by atomic mass is 9.98. The molecule has 0 amide bonds. The molecule has 0 spiro atoms. The van der Waals surface area contributed by atoms with Crippen molar-refractivity contribution in [2.75, 3.05) is 20.1 Å². The molecule has 0 unspecified atom stereocenters.